The van der Waals surface area contributed by atoms with Gasteiger partial charge in [0.05, 0.1) is 5.92 Å². The molecule has 4 heteroatoms. The van der Waals surface area contributed by atoms with E-state index < -0.39 is 5.97 Å². The Kier molecular flexibility index (Phi) is 4.54. The van der Waals surface area contributed by atoms with Crippen molar-refractivity contribution in [3.05, 3.63) is 0 Å². The van der Waals surface area contributed by atoms with Crippen molar-refractivity contribution in [3.8, 4) is 0 Å². The Balaban J connectivity index is 2.55. The van der Waals surface area contributed by atoms with Crippen molar-refractivity contribution in [2.45, 2.75) is 58.4 Å². The summed E-state index contributed by atoms with van der Waals surface area (Å²) in [5.41, 5.74) is -0.201. The number of rotatable bonds is 4. The first-order valence-electron chi connectivity index (χ1n) is 6.40. The fraction of sp³-hybridized carbons (Fsp3) is 0.846. The predicted molar refractivity (Wildman–Crippen MR) is 65.6 cm³/mol. The molecule has 17 heavy (non-hydrogen) atoms. The molecule has 0 aliphatic heterocycles. The molecule has 4 nitrogen and oxygen atoms in total. The Morgan fingerprint density at radius 3 is 2.41 bits per heavy atom. The molecule has 0 aromatic carbocycles. The zero-order valence-corrected chi connectivity index (χ0v) is 11.0. The van der Waals surface area contributed by atoms with Crippen molar-refractivity contribution in [2.75, 3.05) is 0 Å². The smallest absolute Gasteiger partial charge is 0.306 e. The van der Waals surface area contributed by atoms with Crippen LogP contribution >= 0.6 is 0 Å². The van der Waals surface area contributed by atoms with E-state index in [1.54, 1.807) is 0 Å². The van der Waals surface area contributed by atoms with Crippen LogP contribution in [0.3, 0.4) is 0 Å². The highest BCUT2D eigenvalue weighted by molar-refractivity contribution is 5.80. The minimum atomic E-state index is -0.766. The van der Waals surface area contributed by atoms with Gasteiger partial charge in [0, 0.05) is 11.5 Å². The summed E-state index contributed by atoms with van der Waals surface area (Å²) >= 11 is 0. The molecule has 1 aliphatic rings. The van der Waals surface area contributed by atoms with E-state index in [0.717, 1.165) is 19.3 Å². The second-order valence-electron chi connectivity index (χ2n) is 5.63. The summed E-state index contributed by atoms with van der Waals surface area (Å²) in [6.07, 6.45) is 3.71. The summed E-state index contributed by atoms with van der Waals surface area (Å²) in [5.74, 6) is -1.22. The van der Waals surface area contributed by atoms with Crippen LogP contribution in [0.2, 0.25) is 0 Å². The normalized spacial score (nSPS) is 25.4. The molecule has 0 aromatic rings. The van der Waals surface area contributed by atoms with Gasteiger partial charge in [-0.1, -0.05) is 13.3 Å². The summed E-state index contributed by atoms with van der Waals surface area (Å²) < 4.78 is 0. The molecule has 1 saturated carbocycles. The number of carboxylic acids is 1. The van der Waals surface area contributed by atoms with E-state index >= 15 is 0 Å². The molecular formula is C13H23NO3. The van der Waals surface area contributed by atoms with Gasteiger partial charge in [0.15, 0.2) is 0 Å². The van der Waals surface area contributed by atoms with Crippen LogP contribution < -0.4 is 5.32 Å². The molecule has 0 radical (unpaired) electrons. The number of hydrogen-bond acceptors (Lipinski definition) is 2. The van der Waals surface area contributed by atoms with Gasteiger partial charge >= 0.3 is 5.97 Å². The van der Waals surface area contributed by atoms with Crippen molar-refractivity contribution in [2.24, 2.45) is 11.8 Å². The highest BCUT2D eigenvalue weighted by Gasteiger charge is 2.32. The number of nitrogens with one attached hydrogen (secondary N) is 1. The Morgan fingerprint density at radius 1 is 1.29 bits per heavy atom. The molecule has 2 atom stereocenters. The van der Waals surface area contributed by atoms with Crippen LogP contribution in [-0.4, -0.2) is 22.5 Å². The molecule has 1 rings (SSSR count). The van der Waals surface area contributed by atoms with Crippen LogP contribution in [-0.2, 0) is 9.59 Å². The molecular weight excluding hydrogens is 218 g/mol. The Morgan fingerprint density at radius 2 is 1.88 bits per heavy atom. The fourth-order valence-electron chi connectivity index (χ4n) is 2.18. The van der Waals surface area contributed by atoms with E-state index in [2.05, 4.69) is 5.32 Å². The standard InChI is InChI=1S/C13H23NO3/c1-4-13(2,3)14-11(15)9-6-5-7-10(8-9)12(16)17/h9-10H,4-8H2,1-3H3,(H,14,15)(H,16,17). The molecule has 1 amide bonds. The van der Waals surface area contributed by atoms with E-state index in [1.165, 1.54) is 0 Å². The lowest BCUT2D eigenvalue weighted by molar-refractivity contribution is -0.144. The quantitative estimate of drug-likeness (QED) is 0.792. The fourth-order valence-corrected chi connectivity index (χ4v) is 2.18. The van der Waals surface area contributed by atoms with Crippen LogP contribution in [0.5, 0.6) is 0 Å². The van der Waals surface area contributed by atoms with Crippen LogP contribution in [0, 0.1) is 11.8 Å². The average molecular weight is 241 g/mol. The molecule has 2 unspecified atom stereocenters. The number of carbonyl (C=O) groups is 2. The zero-order valence-electron chi connectivity index (χ0n) is 11.0. The lowest BCUT2D eigenvalue weighted by Crippen LogP contribution is -2.46. The molecule has 2 N–H and O–H groups in total. The second kappa shape index (κ2) is 5.52. The predicted octanol–water partition coefficient (Wildman–Crippen LogP) is 2.18. The van der Waals surface area contributed by atoms with E-state index in [-0.39, 0.29) is 23.3 Å². The Hall–Kier alpha value is -1.06. The number of carboxylic acid groups (broad SMARTS) is 1. The first-order valence-corrected chi connectivity index (χ1v) is 6.40. The minimum absolute atomic E-state index is 0.0165. The van der Waals surface area contributed by atoms with Crippen LogP contribution in [0.25, 0.3) is 0 Å². The van der Waals surface area contributed by atoms with Gasteiger partial charge in [0.1, 0.15) is 0 Å². The first kappa shape index (κ1) is 14.0. The maximum atomic E-state index is 12.0. The number of aliphatic carboxylic acids is 1. The third-order valence-electron chi connectivity index (χ3n) is 3.74. The summed E-state index contributed by atoms with van der Waals surface area (Å²) in [4.78, 5) is 23.0. The number of hydrogen-bond donors (Lipinski definition) is 2. The van der Waals surface area contributed by atoms with Crippen LogP contribution in [0.15, 0.2) is 0 Å². The molecule has 0 heterocycles. The third kappa shape index (κ3) is 4.02. The van der Waals surface area contributed by atoms with E-state index in [4.69, 9.17) is 5.11 Å². The Bertz CT molecular complexity index is 299. The van der Waals surface area contributed by atoms with Crippen molar-refractivity contribution in [3.63, 3.8) is 0 Å². The molecule has 1 aliphatic carbocycles. The molecule has 0 aromatic heterocycles. The highest BCUT2D eigenvalue weighted by atomic mass is 16.4. The summed E-state index contributed by atoms with van der Waals surface area (Å²) in [6, 6.07) is 0. The van der Waals surface area contributed by atoms with E-state index in [9.17, 15) is 9.59 Å². The lowest BCUT2D eigenvalue weighted by Gasteiger charge is -2.30. The summed E-state index contributed by atoms with van der Waals surface area (Å²) in [6.45, 7) is 6.01. The van der Waals surface area contributed by atoms with Gasteiger partial charge in [0.25, 0.3) is 0 Å². The van der Waals surface area contributed by atoms with Crippen molar-refractivity contribution >= 4 is 11.9 Å². The topological polar surface area (TPSA) is 66.4 Å². The molecule has 0 spiro atoms. The van der Waals surface area contributed by atoms with Crippen molar-refractivity contribution in [1.82, 2.24) is 5.32 Å². The average Bonchev–Trinajstić information content (AvgIpc) is 2.28. The Labute approximate surface area is 103 Å². The van der Waals surface area contributed by atoms with Gasteiger partial charge in [-0.15, -0.1) is 0 Å². The lowest BCUT2D eigenvalue weighted by atomic mass is 9.80. The van der Waals surface area contributed by atoms with Gasteiger partial charge in [-0.3, -0.25) is 9.59 Å². The van der Waals surface area contributed by atoms with Crippen LogP contribution in [0.1, 0.15) is 52.9 Å². The second-order valence-corrected chi connectivity index (χ2v) is 5.63. The van der Waals surface area contributed by atoms with Crippen molar-refractivity contribution < 1.29 is 14.7 Å². The maximum absolute atomic E-state index is 12.0. The molecule has 1 fully saturated rings. The van der Waals surface area contributed by atoms with Gasteiger partial charge in [-0.2, -0.15) is 0 Å². The number of carbonyl (C=O) groups excluding carboxylic acids is 1. The monoisotopic (exact) mass is 241 g/mol. The molecule has 0 saturated heterocycles. The highest BCUT2D eigenvalue weighted by Crippen LogP contribution is 2.29. The summed E-state index contributed by atoms with van der Waals surface area (Å²) in [7, 11) is 0. The summed E-state index contributed by atoms with van der Waals surface area (Å²) in [5, 5.41) is 12.0. The van der Waals surface area contributed by atoms with Gasteiger partial charge in [0.2, 0.25) is 5.91 Å². The van der Waals surface area contributed by atoms with Gasteiger partial charge < -0.3 is 10.4 Å². The van der Waals surface area contributed by atoms with E-state index in [1.807, 2.05) is 20.8 Å². The van der Waals surface area contributed by atoms with E-state index in [0.29, 0.717) is 12.8 Å². The third-order valence-corrected chi connectivity index (χ3v) is 3.74. The van der Waals surface area contributed by atoms with Gasteiger partial charge in [-0.25, -0.2) is 0 Å². The van der Waals surface area contributed by atoms with Gasteiger partial charge in [-0.05, 0) is 39.5 Å². The number of amides is 1. The van der Waals surface area contributed by atoms with Crippen molar-refractivity contribution in [1.29, 1.82) is 0 Å². The first-order chi connectivity index (χ1) is 7.85. The maximum Gasteiger partial charge on any atom is 0.306 e. The molecule has 98 valence electrons. The minimum Gasteiger partial charge on any atom is -0.481 e. The zero-order chi connectivity index (χ0) is 13.1. The molecule has 0 bridgehead atoms. The van der Waals surface area contributed by atoms with Crippen LogP contribution in [0.4, 0.5) is 0 Å². The SMILES string of the molecule is CCC(C)(C)NC(=O)C1CCCC(C(=O)O)C1. The largest absolute Gasteiger partial charge is 0.481 e.